The lowest BCUT2D eigenvalue weighted by Crippen LogP contribution is -2.36. The summed E-state index contributed by atoms with van der Waals surface area (Å²) in [5, 5.41) is 7.56. The van der Waals surface area contributed by atoms with Crippen LogP contribution >= 0.6 is 22.7 Å². The van der Waals surface area contributed by atoms with Gasteiger partial charge in [-0.3, -0.25) is 4.79 Å². The number of thiophene rings is 2. The Morgan fingerprint density at radius 3 is 2.48 bits per heavy atom. The molecule has 0 atom stereocenters. The lowest BCUT2D eigenvalue weighted by atomic mass is 10.1. The second-order valence-corrected chi connectivity index (χ2v) is 7.53. The average molecular weight is 370 g/mol. The van der Waals surface area contributed by atoms with Crippen molar-refractivity contribution in [1.29, 1.82) is 0 Å². The Bertz CT molecular complexity index is 826. The zero-order chi connectivity index (χ0) is 17.5. The monoisotopic (exact) mass is 370 g/mol. The molecule has 0 unspecified atom stereocenters. The van der Waals surface area contributed by atoms with Crippen LogP contribution in [0, 0.1) is 0 Å². The summed E-state index contributed by atoms with van der Waals surface area (Å²) in [4.78, 5) is 26.5. The topological polar surface area (TPSA) is 58.2 Å². The van der Waals surface area contributed by atoms with Crippen LogP contribution in [0.1, 0.15) is 25.0 Å². The molecule has 0 aliphatic rings. The molecular formula is C19H18N2O2S2. The molecule has 0 bridgehead atoms. The minimum Gasteiger partial charge on any atom is -0.338 e. The van der Waals surface area contributed by atoms with Gasteiger partial charge >= 0.3 is 6.03 Å². The van der Waals surface area contributed by atoms with E-state index >= 15 is 0 Å². The maximum absolute atomic E-state index is 12.3. The van der Waals surface area contributed by atoms with Gasteiger partial charge in [-0.05, 0) is 35.6 Å². The molecule has 2 N–H and O–H groups in total. The van der Waals surface area contributed by atoms with E-state index in [9.17, 15) is 9.59 Å². The molecule has 25 heavy (non-hydrogen) atoms. The third-order valence-corrected chi connectivity index (χ3v) is 5.55. The van der Waals surface area contributed by atoms with Gasteiger partial charge in [0.1, 0.15) is 0 Å². The number of rotatable bonds is 7. The maximum Gasteiger partial charge on any atom is 0.315 e. The molecule has 0 aliphatic heterocycles. The van der Waals surface area contributed by atoms with E-state index in [0.29, 0.717) is 18.0 Å². The summed E-state index contributed by atoms with van der Waals surface area (Å²) in [5.41, 5.74) is 1.19. The Morgan fingerprint density at radius 1 is 0.880 bits per heavy atom. The van der Waals surface area contributed by atoms with Crippen molar-refractivity contribution in [2.24, 2.45) is 0 Å². The molecule has 4 nitrogen and oxygen atoms in total. The fourth-order valence-corrected chi connectivity index (χ4v) is 3.96. The van der Waals surface area contributed by atoms with Crippen LogP contribution in [0.25, 0.3) is 0 Å². The van der Waals surface area contributed by atoms with Crippen molar-refractivity contribution in [3.05, 3.63) is 80.2 Å². The first-order valence-electron chi connectivity index (χ1n) is 7.95. The van der Waals surface area contributed by atoms with Gasteiger partial charge in [0.2, 0.25) is 5.78 Å². The van der Waals surface area contributed by atoms with Gasteiger partial charge < -0.3 is 10.6 Å². The molecule has 2 heterocycles. The van der Waals surface area contributed by atoms with Gasteiger partial charge in [0.05, 0.1) is 16.3 Å². The molecule has 3 rings (SSSR count). The van der Waals surface area contributed by atoms with Crippen LogP contribution in [0.4, 0.5) is 4.79 Å². The average Bonchev–Trinajstić information content (AvgIpc) is 3.32. The molecule has 0 fully saturated rings. The van der Waals surface area contributed by atoms with Gasteiger partial charge in [-0.2, -0.15) is 0 Å². The minimum atomic E-state index is -0.199. The van der Waals surface area contributed by atoms with Gasteiger partial charge in [0, 0.05) is 11.4 Å². The van der Waals surface area contributed by atoms with E-state index in [1.54, 1.807) is 0 Å². The molecule has 3 aromatic rings. The number of hydrogen-bond donors (Lipinski definition) is 2. The number of benzene rings is 1. The number of carbonyl (C=O) groups excluding carboxylic acids is 2. The van der Waals surface area contributed by atoms with Crippen molar-refractivity contribution < 1.29 is 9.59 Å². The summed E-state index contributed by atoms with van der Waals surface area (Å²) in [7, 11) is 0. The lowest BCUT2D eigenvalue weighted by Gasteiger charge is -2.06. The zero-order valence-electron chi connectivity index (χ0n) is 13.5. The summed E-state index contributed by atoms with van der Waals surface area (Å²) in [5.74, 6) is 0.0403. The molecule has 0 saturated carbocycles. The van der Waals surface area contributed by atoms with Crippen molar-refractivity contribution >= 4 is 34.5 Å². The molecule has 2 aromatic heterocycles. The van der Waals surface area contributed by atoms with E-state index in [1.807, 2.05) is 60.0 Å². The molecule has 1 aromatic carbocycles. The van der Waals surface area contributed by atoms with Crippen LogP contribution < -0.4 is 10.6 Å². The van der Waals surface area contributed by atoms with Crippen molar-refractivity contribution in [3.8, 4) is 0 Å². The number of carbonyl (C=O) groups is 2. The van der Waals surface area contributed by atoms with E-state index in [0.717, 1.165) is 16.2 Å². The summed E-state index contributed by atoms with van der Waals surface area (Å²) < 4.78 is 0. The molecule has 2 amide bonds. The van der Waals surface area contributed by atoms with E-state index in [2.05, 4.69) is 10.6 Å². The summed E-state index contributed by atoms with van der Waals surface area (Å²) in [6.45, 7) is 1.00. The standard InChI is InChI=1S/C19H18N2O2S2/c22-18(16-7-4-12-24-16)17-9-8-15(25-17)13-21-19(23)20-11-10-14-5-2-1-3-6-14/h1-9,12H,10-11,13H2,(H2,20,21,23). The minimum absolute atomic E-state index is 0.0403. The van der Waals surface area contributed by atoms with Crippen molar-refractivity contribution in [2.75, 3.05) is 6.54 Å². The first-order valence-corrected chi connectivity index (χ1v) is 9.64. The van der Waals surface area contributed by atoms with Crippen LogP contribution in [0.15, 0.2) is 60.0 Å². The number of urea groups is 1. The van der Waals surface area contributed by atoms with Crippen molar-refractivity contribution in [2.45, 2.75) is 13.0 Å². The zero-order valence-corrected chi connectivity index (χ0v) is 15.2. The summed E-state index contributed by atoms with van der Waals surface area (Å²) in [6, 6.07) is 17.2. The highest BCUT2D eigenvalue weighted by molar-refractivity contribution is 7.16. The van der Waals surface area contributed by atoms with Crippen molar-refractivity contribution in [1.82, 2.24) is 10.6 Å². The van der Waals surface area contributed by atoms with Gasteiger partial charge in [0.15, 0.2) is 0 Å². The number of hydrogen-bond acceptors (Lipinski definition) is 4. The van der Waals surface area contributed by atoms with E-state index in [1.165, 1.54) is 28.2 Å². The third kappa shape index (κ3) is 5.01. The Hall–Kier alpha value is -2.44. The second kappa shape index (κ2) is 8.60. The van der Waals surface area contributed by atoms with E-state index in [4.69, 9.17) is 0 Å². The summed E-state index contributed by atoms with van der Waals surface area (Å²) in [6.07, 6.45) is 0.798. The fourth-order valence-electron chi connectivity index (χ4n) is 2.32. The van der Waals surface area contributed by atoms with Gasteiger partial charge in [-0.15, -0.1) is 22.7 Å². The van der Waals surface area contributed by atoms with Crippen LogP contribution in [0.3, 0.4) is 0 Å². The smallest absolute Gasteiger partial charge is 0.315 e. The predicted octanol–water partition coefficient (Wildman–Crippen LogP) is 4.08. The SMILES string of the molecule is O=C(NCCc1ccccc1)NCc1ccc(C(=O)c2cccs2)s1. The molecule has 0 saturated heterocycles. The van der Waals surface area contributed by atoms with Crippen molar-refractivity contribution in [3.63, 3.8) is 0 Å². The highest BCUT2D eigenvalue weighted by Gasteiger charge is 2.13. The van der Waals surface area contributed by atoms with Crippen LogP contribution in [0.5, 0.6) is 0 Å². The highest BCUT2D eigenvalue weighted by atomic mass is 32.1. The molecule has 128 valence electrons. The Balaban J connectivity index is 1.42. The Kier molecular flexibility index (Phi) is 5.98. The largest absolute Gasteiger partial charge is 0.338 e. The molecule has 0 aliphatic carbocycles. The predicted molar refractivity (Wildman–Crippen MR) is 102 cm³/mol. The van der Waals surface area contributed by atoms with Gasteiger partial charge in [-0.25, -0.2) is 4.79 Å². The van der Waals surface area contributed by atoms with E-state index < -0.39 is 0 Å². The normalized spacial score (nSPS) is 10.4. The quantitative estimate of drug-likeness (QED) is 0.616. The number of nitrogens with one attached hydrogen (secondary N) is 2. The van der Waals surface area contributed by atoms with Crippen LogP contribution in [-0.2, 0) is 13.0 Å². The lowest BCUT2D eigenvalue weighted by molar-refractivity contribution is 0.104. The molecular weight excluding hydrogens is 352 g/mol. The number of amides is 2. The molecule has 0 radical (unpaired) electrons. The molecule has 0 spiro atoms. The number of ketones is 1. The highest BCUT2D eigenvalue weighted by Crippen LogP contribution is 2.22. The molecule has 6 heteroatoms. The summed E-state index contributed by atoms with van der Waals surface area (Å²) >= 11 is 2.85. The van der Waals surface area contributed by atoms with E-state index in [-0.39, 0.29) is 11.8 Å². The Morgan fingerprint density at radius 2 is 1.72 bits per heavy atom. The first-order chi connectivity index (χ1) is 12.2. The Labute approximate surface area is 154 Å². The third-order valence-electron chi connectivity index (χ3n) is 3.60. The van der Waals surface area contributed by atoms with Crippen LogP contribution in [0.2, 0.25) is 0 Å². The fraction of sp³-hybridized carbons (Fsp3) is 0.158. The first kappa shape index (κ1) is 17.4. The van der Waals surface area contributed by atoms with Crippen LogP contribution in [-0.4, -0.2) is 18.4 Å². The maximum atomic E-state index is 12.3. The van der Waals surface area contributed by atoms with Gasteiger partial charge in [0.25, 0.3) is 0 Å². The van der Waals surface area contributed by atoms with Gasteiger partial charge in [-0.1, -0.05) is 36.4 Å². The second-order valence-electron chi connectivity index (χ2n) is 5.42.